The number of anilines is 1. The van der Waals surface area contributed by atoms with Crippen molar-refractivity contribution in [2.24, 2.45) is 0 Å². The zero-order chi connectivity index (χ0) is 21.5. The first-order chi connectivity index (χ1) is 13.5. The molecule has 1 aliphatic rings. The summed E-state index contributed by atoms with van der Waals surface area (Å²) in [5, 5.41) is 6.53. The van der Waals surface area contributed by atoms with Crippen LogP contribution in [0.4, 0.5) is 23.8 Å². The van der Waals surface area contributed by atoms with Crippen molar-refractivity contribution >= 4 is 35.3 Å². The van der Waals surface area contributed by atoms with Crippen LogP contribution in [0.5, 0.6) is 0 Å². The third kappa shape index (κ3) is 4.19. The van der Waals surface area contributed by atoms with Crippen molar-refractivity contribution in [2.45, 2.75) is 13.1 Å². The van der Waals surface area contributed by atoms with Gasteiger partial charge in [-0.2, -0.15) is 18.3 Å². The van der Waals surface area contributed by atoms with Crippen molar-refractivity contribution < 1.29 is 27.6 Å². The van der Waals surface area contributed by atoms with Gasteiger partial charge in [0.05, 0.1) is 22.0 Å². The average molecular weight is 430 g/mol. The molecule has 0 atom stereocenters. The summed E-state index contributed by atoms with van der Waals surface area (Å²) in [7, 11) is 1.42. The molecule has 0 spiro atoms. The van der Waals surface area contributed by atoms with E-state index < -0.39 is 36.1 Å². The summed E-state index contributed by atoms with van der Waals surface area (Å²) in [6.07, 6.45) is -4.59. The minimum Gasteiger partial charge on any atom is -0.318 e. The Hall–Kier alpha value is -3.08. The molecule has 0 bridgehead atoms. The monoisotopic (exact) mass is 429 g/mol. The number of imide groups is 1. The lowest BCUT2D eigenvalue weighted by Crippen LogP contribution is -2.38. The number of nitrogens with one attached hydrogen (secondary N) is 1. The van der Waals surface area contributed by atoms with Crippen LogP contribution >= 0.6 is 11.6 Å². The van der Waals surface area contributed by atoms with Gasteiger partial charge in [-0.15, -0.1) is 0 Å². The molecule has 4 amide bonds. The lowest BCUT2D eigenvalue weighted by atomic mass is 10.2. The number of rotatable bonds is 4. The number of nitrogens with zero attached hydrogens (tertiary/aromatic N) is 4. The third-order valence-corrected chi connectivity index (χ3v) is 4.45. The van der Waals surface area contributed by atoms with Crippen LogP contribution in [0, 0.1) is 6.92 Å². The van der Waals surface area contributed by atoms with Crippen LogP contribution in [0.25, 0.3) is 5.69 Å². The highest BCUT2D eigenvalue weighted by atomic mass is 35.5. The number of aryl methyl sites for hydroxylation is 1. The number of likely N-dealkylation sites (N-methyl/N-ethyl adjacent to an activating group) is 1. The Morgan fingerprint density at radius 1 is 1.28 bits per heavy atom. The molecule has 0 aliphatic carbocycles. The summed E-state index contributed by atoms with van der Waals surface area (Å²) in [5.41, 5.74) is -0.613. The molecule has 0 unspecified atom stereocenters. The molecule has 12 heteroatoms. The Kier molecular flexibility index (Phi) is 5.26. The third-order valence-electron chi connectivity index (χ3n) is 4.13. The number of benzene rings is 1. The van der Waals surface area contributed by atoms with Crippen molar-refractivity contribution in [3.05, 3.63) is 40.5 Å². The second-order valence-corrected chi connectivity index (χ2v) is 6.82. The molecule has 2 heterocycles. The fraction of sp³-hybridized carbons (Fsp3) is 0.294. The topological polar surface area (TPSA) is 87.5 Å². The number of hydrogen-bond acceptors (Lipinski definition) is 4. The van der Waals surface area contributed by atoms with E-state index in [1.54, 1.807) is 6.92 Å². The first-order valence-corrected chi connectivity index (χ1v) is 8.64. The summed E-state index contributed by atoms with van der Waals surface area (Å²) in [6, 6.07) is 3.54. The number of aromatic nitrogens is 2. The number of amides is 4. The highest BCUT2D eigenvalue weighted by molar-refractivity contribution is 6.32. The van der Waals surface area contributed by atoms with Crippen LogP contribution in [0.2, 0.25) is 5.02 Å². The smallest absolute Gasteiger partial charge is 0.318 e. The zero-order valence-electron chi connectivity index (χ0n) is 15.2. The Balaban J connectivity index is 1.88. The zero-order valence-corrected chi connectivity index (χ0v) is 16.0. The fourth-order valence-electron chi connectivity index (χ4n) is 2.77. The minimum atomic E-state index is -4.59. The van der Waals surface area contributed by atoms with E-state index >= 15 is 0 Å². The van der Waals surface area contributed by atoms with E-state index in [0.717, 1.165) is 32.7 Å². The highest BCUT2D eigenvalue weighted by Gasteiger charge is 2.35. The number of carbonyl (C=O) groups is 3. The van der Waals surface area contributed by atoms with Gasteiger partial charge in [-0.3, -0.25) is 14.5 Å². The number of hydrogen-bond donors (Lipinski definition) is 1. The Morgan fingerprint density at radius 3 is 2.55 bits per heavy atom. The summed E-state index contributed by atoms with van der Waals surface area (Å²) < 4.78 is 40.2. The maximum atomic E-state index is 13.0. The first kappa shape index (κ1) is 20.6. The molecule has 1 aromatic carbocycles. The molecule has 1 saturated heterocycles. The molecule has 3 rings (SSSR count). The van der Waals surface area contributed by atoms with Gasteiger partial charge in [0.25, 0.3) is 5.91 Å². The Bertz CT molecular complexity index is 1000. The molecule has 1 aliphatic heterocycles. The van der Waals surface area contributed by atoms with Crippen LogP contribution in [0.1, 0.15) is 11.3 Å². The van der Waals surface area contributed by atoms with Crippen LogP contribution < -0.4 is 5.32 Å². The second kappa shape index (κ2) is 7.39. The lowest BCUT2D eigenvalue weighted by molar-refractivity contribution is -0.137. The molecule has 0 saturated carbocycles. The molecule has 29 heavy (non-hydrogen) atoms. The van der Waals surface area contributed by atoms with Gasteiger partial charge in [-0.25, -0.2) is 9.48 Å². The van der Waals surface area contributed by atoms with Crippen LogP contribution in [-0.2, 0) is 15.8 Å². The predicted molar refractivity (Wildman–Crippen MR) is 96.7 cm³/mol. The van der Waals surface area contributed by atoms with Gasteiger partial charge >= 0.3 is 12.2 Å². The number of halogens is 4. The maximum absolute atomic E-state index is 13.0. The summed E-state index contributed by atoms with van der Waals surface area (Å²) in [5.74, 6) is -1.20. The van der Waals surface area contributed by atoms with E-state index in [9.17, 15) is 27.6 Å². The normalized spacial score (nSPS) is 14.7. The lowest BCUT2D eigenvalue weighted by Gasteiger charge is -2.15. The van der Waals surface area contributed by atoms with Crippen molar-refractivity contribution in [1.82, 2.24) is 19.6 Å². The quantitative estimate of drug-likeness (QED) is 0.757. The van der Waals surface area contributed by atoms with Crippen LogP contribution in [0.15, 0.2) is 24.3 Å². The SMILES string of the molecule is Cc1cc(NC(=O)CN2C(=O)CN(C)C2=O)n(-c2cc(C(F)(F)F)ccc2Cl)n1. The standard InChI is InChI=1S/C17H15ClF3N5O3/c1-9-5-13(22-14(27)7-25-15(28)8-24(2)16(25)29)26(23-9)12-6-10(17(19,20)21)3-4-11(12)18/h3-6H,7-8H2,1-2H3,(H,22,27). The van der Waals surface area contributed by atoms with E-state index in [2.05, 4.69) is 10.4 Å². The van der Waals surface area contributed by atoms with Crippen molar-refractivity contribution in [2.75, 3.05) is 25.5 Å². The molecule has 1 fully saturated rings. The average Bonchev–Trinajstić information content (AvgIpc) is 3.08. The molecule has 154 valence electrons. The van der Waals surface area contributed by atoms with Crippen molar-refractivity contribution in [1.29, 1.82) is 0 Å². The molecule has 0 radical (unpaired) electrons. The van der Waals surface area contributed by atoms with Gasteiger partial charge in [0, 0.05) is 13.1 Å². The van der Waals surface area contributed by atoms with Crippen LogP contribution in [-0.4, -0.2) is 57.6 Å². The van der Waals surface area contributed by atoms with Gasteiger partial charge < -0.3 is 10.2 Å². The number of carbonyl (C=O) groups excluding carboxylic acids is 3. The number of urea groups is 1. The van der Waals surface area contributed by atoms with Crippen molar-refractivity contribution in [3.63, 3.8) is 0 Å². The highest BCUT2D eigenvalue weighted by Crippen LogP contribution is 2.34. The van der Waals surface area contributed by atoms with Gasteiger partial charge in [-0.05, 0) is 25.1 Å². The van der Waals surface area contributed by atoms with Crippen LogP contribution in [0.3, 0.4) is 0 Å². The number of alkyl halides is 3. The van der Waals surface area contributed by atoms with Crippen molar-refractivity contribution in [3.8, 4) is 5.69 Å². The Morgan fingerprint density at radius 2 is 1.97 bits per heavy atom. The van der Waals surface area contributed by atoms with E-state index in [4.69, 9.17) is 11.6 Å². The van der Waals surface area contributed by atoms with Gasteiger partial charge in [0.1, 0.15) is 18.9 Å². The molecule has 1 aromatic heterocycles. The second-order valence-electron chi connectivity index (χ2n) is 6.41. The largest absolute Gasteiger partial charge is 0.416 e. The summed E-state index contributed by atoms with van der Waals surface area (Å²) in [4.78, 5) is 38.0. The predicted octanol–water partition coefficient (Wildman–Crippen LogP) is 2.69. The van der Waals surface area contributed by atoms with E-state index in [1.165, 1.54) is 13.1 Å². The van der Waals surface area contributed by atoms with E-state index in [0.29, 0.717) is 5.69 Å². The maximum Gasteiger partial charge on any atom is 0.416 e. The summed E-state index contributed by atoms with van der Waals surface area (Å²) >= 11 is 6.05. The van der Waals surface area contributed by atoms with Gasteiger partial charge in [0.15, 0.2) is 0 Å². The molecular formula is C17H15ClF3N5O3. The molecule has 1 N–H and O–H groups in total. The molecular weight excluding hydrogens is 415 g/mol. The molecule has 2 aromatic rings. The minimum absolute atomic E-state index is 0.0110. The van der Waals surface area contributed by atoms with E-state index in [1.807, 2.05) is 0 Å². The fourth-order valence-corrected chi connectivity index (χ4v) is 2.97. The molecule has 8 nitrogen and oxygen atoms in total. The van der Waals surface area contributed by atoms with Gasteiger partial charge in [0.2, 0.25) is 5.91 Å². The van der Waals surface area contributed by atoms with Gasteiger partial charge in [-0.1, -0.05) is 11.6 Å². The summed E-state index contributed by atoms with van der Waals surface area (Å²) in [6.45, 7) is 0.904. The Labute approximate surface area is 167 Å². The first-order valence-electron chi connectivity index (χ1n) is 8.26. The van der Waals surface area contributed by atoms with E-state index in [-0.39, 0.29) is 23.1 Å².